The van der Waals surface area contributed by atoms with Gasteiger partial charge in [-0.05, 0) is 86.8 Å². The molecule has 6 atom stereocenters. The lowest BCUT2D eigenvalue weighted by Gasteiger charge is -2.15. The van der Waals surface area contributed by atoms with Crippen LogP contribution in [-0.2, 0) is 104 Å². The van der Waals surface area contributed by atoms with Crippen molar-refractivity contribution in [3.05, 3.63) is 70.8 Å². The van der Waals surface area contributed by atoms with Crippen molar-refractivity contribution in [2.45, 2.75) is 164 Å². The number of carbonyl (C=O) groups excluding carboxylic acids is 10. The number of hydrogen-bond acceptors (Lipinski definition) is 23. The van der Waals surface area contributed by atoms with Crippen LogP contribution in [0.4, 0.5) is 0 Å². The smallest absolute Gasteiger partial charge is 0.356 e. The summed E-state index contributed by atoms with van der Waals surface area (Å²) in [7, 11) is 1.53. The van der Waals surface area contributed by atoms with Crippen LogP contribution in [0.3, 0.4) is 0 Å². The van der Waals surface area contributed by atoms with Crippen LogP contribution in [0, 0.1) is 11.8 Å². The molecule has 0 saturated carbocycles. The van der Waals surface area contributed by atoms with Crippen LogP contribution in [0.25, 0.3) is 12.2 Å². The second kappa shape index (κ2) is 48.5. The lowest BCUT2D eigenvalue weighted by molar-refractivity contribution is -0.193. The molecule has 5 heterocycles. The predicted octanol–water partition coefficient (Wildman–Crippen LogP) is 7.14. The van der Waals surface area contributed by atoms with Gasteiger partial charge in [0.05, 0.1) is 92.5 Å². The summed E-state index contributed by atoms with van der Waals surface area (Å²) in [5.41, 5.74) is 2.46. The van der Waals surface area contributed by atoms with E-state index in [4.69, 9.17) is 42.7 Å². The highest BCUT2D eigenvalue weighted by molar-refractivity contribution is 8.00. The zero-order valence-electron chi connectivity index (χ0n) is 57.9. The largest absolute Gasteiger partial charge is 0.507 e. The maximum absolute atomic E-state index is 12.3. The van der Waals surface area contributed by atoms with Crippen LogP contribution in [0.5, 0.6) is 11.5 Å². The van der Waals surface area contributed by atoms with Gasteiger partial charge in [-0.25, -0.2) is 4.79 Å². The molecule has 554 valence electrons. The fraction of sp³-hybridized carbons (Fsp3) is 0.644. The molecule has 0 spiro atoms. The summed E-state index contributed by atoms with van der Waals surface area (Å²) in [6.45, 7) is 6.84. The molecule has 25 nitrogen and oxygen atoms in total. The summed E-state index contributed by atoms with van der Waals surface area (Å²) in [5, 5.41) is 30.6. The summed E-state index contributed by atoms with van der Waals surface area (Å²) in [4.78, 5) is 123. The number of likely N-dealkylation sites (N-methyl/N-ethyl adjacent to an activating group) is 1. The van der Waals surface area contributed by atoms with Crippen molar-refractivity contribution in [3.63, 3.8) is 0 Å². The number of aromatic hydroxyl groups is 2. The van der Waals surface area contributed by atoms with Gasteiger partial charge in [0, 0.05) is 167 Å². The van der Waals surface area contributed by atoms with Crippen molar-refractivity contribution in [2.24, 2.45) is 11.8 Å². The van der Waals surface area contributed by atoms with Crippen LogP contribution in [-0.4, -0.2) is 221 Å². The molecule has 0 radical (unpaired) electrons. The Balaban J connectivity index is 0.000000317. The molecule has 2 aromatic carbocycles. The lowest BCUT2D eigenvalue weighted by atomic mass is 9.94. The zero-order chi connectivity index (χ0) is 71.5. The van der Waals surface area contributed by atoms with Gasteiger partial charge in [-0.15, -0.1) is 5.06 Å². The minimum absolute atomic E-state index is 0.000509. The number of nitrogens with one attached hydrogen (secondary N) is 3. The quantitative estimate of drug-likeness (QED) is 0.0249. The van der Waals surface area contributed by atoms with Gasteiger partial charge in [-0.2, -0.15) is 23.5 Å². The number of hydroxylamine groups is 2. The molecule has 0 bridgehead atoms. The monoisotopic (exact) mass is 1440 g/mol. The molecule has 5 fully saturated rings. The first kappa shape index (κ1) is 82.6. The van der Waals surface area contributed by atoms with Gasteiger partial charge in [0.1, 0.15) is 34.6 Å². The number of hydrogen-bond donors (Lipinski definition) is 5. The van der Waals surface area contributed by atoms with E-state index in [0.717, 1.165) is 73.7 Å². The van der Waals surface area contributed by atoms with Crippen molar-refractivity contribution in [2.75, 3.05) is 124 Å². The SMILES string of the molecule is CNC(=O)/C=C/c1ccc(CCC(=O)CCOCCOCCOCCOCCCC(=O)CCCCC2SCC3NC(=O)CC32)cc1O.O=C(CCCCC1SCC2NC(=O)CC21)CCCOCCOCCOCCOCCC(=O)CCc1ccc(/C=C/C(=O)ON2C(=O)CCC2=O)c(O)c1. The molecule has 0 aromatic heterocycles. The summed E-state index contributed by atoms with van der Waals surface area (Å²) < 4.78 is 44.1. The number of nitrogens with zero attached hydrogens (tertiary/aromatic N) is 1. The van der Waals surface area contributed by atoms with Crippen molar-refractivity contribution >= 4 is 94.3 Å². The Kier molecular flexibility index (Phi) is 40.0. The fourth-order valence-corrected chi connectivity index (χ4v) is 15.2. The molecule has 5 N–H and O–H groups in total. The molecular weight excluding hydrogens is 1330 g/mol. The van der Waals surface area contributed by atoms with Crippen LogP contribution in [0.1, 0.15) is 151 Å². The molecule has 5 amide bonds. The van der Waals surface area contributed by atoms with Crippen molar-refractivity contribution in [1.82, 2.24) is 21.0 Å². The first-order valence-electron chi connectivity index (χ1n) is 35.3. The van der Waals surface area contributed by atoms with Gasteiger partial charge >= 0.3 is 5.97 Å². The van der Waals surface area contributed by atoms with E-state index in [2.05, 4.69) is 16.0 Å². The lowest BCUT2D eigenvalue weighted by Crippen LogP contribution is -2.31. The number of aryl methyl sites for hydroxylation is 2. The van der Waals surface area contributed by atoms with E-state index in [1.165, 1.54) is 31.3 Å². The summed E-state index contributed by atoms with van der Waals surface area (Å²) >= 11 is 3.93. The van der Waals surface area contributed by atoms with Gasteiger partial charge in [0.15, 0.2) is 0 Å². The molecule has 7 rings (SSSR count). The number of benzene rings is 2. The standard InChI is InChI=1S/C38H52N2O12S.C35H52N2O9S/c41-29(4-1-2-6-34-31-25-35(44)39-32(31)26-53-34)5-3-16-48-18-20-50-22-23-51-21-19-49-17-15-30(42)11-8-27-7-9-28(33(43)24-27)10-14-38(47)52-40-36(45)12-13-37(40)46;1-36-34(41)13-11-27-10-8-26(23-32(27)40)9-12-29(39)14-16-44-18-20-46-22-21-45-19-17-43-15-4-6-28(38)5-2-3-7-33-30-24-35(42)37-31(30)25-47-33/h7,9-10,14,24,31-32,34,43H,1-6,8,11-13,15-23,25-26H2,(H,39,44);8,10-11,13,23,30-31,33,40H,2-7,9,12,14-22,24-25H2,1H3,(H,36,41)(H,37,42)/b14-10+;13-11+. The highest BCUT2D eigenvalue weighted by Gasteiger charge is 2.44. The fourth-order valence-electron chi connectivity index (χ4n) is 11.9. The van der Waals surface area contributed by atoms with Crippen LogP contribution in [0.2, 0.25) is 0 Å². The third kappa shape index (κ3) is 33.2. The van der Waals surface area contributed by atoms with E-state index in [-0.39, 0.29) is 78.9 Å². The Labute approximate surface area is 595 Å². The average Bonchev–Trinajstić information content (AvgIpc) is 1.64. The molecule has 5 saturated heterocycles. The Morgan fingerprint density at radius 3 is 1.25 bits per heavy atom. The minimum atomic E-state index is -0.918. The van der Waals surface area contributed by atoms with E-state index >= 15 is 0 Å². The van der Waals surface area contributed by atoms with Crippen molar-refractivity contribution in [3.8, 4) is 11.5 Å². The maximum Gasteiger partial charge on any atom is 0.356 e. The number of imide groups is 1. The van der Waals surface area contributed by atoms with Gasteiger partial charge in [0.25, 0.3) is 11.8 Å². The number of phenols is 2. The summed E-state index contributed by atoms with van der Waals surface area (Å²) in [5.74, 6) is 1.69. The van der Waals surface area contributed by atoms with Gasteiger partial charge in [-0.3, -0.25) is 43.2 Å². The van der Waals surface area contributed by atoms with E-state index in [1.54, 1.807) is 24.3 Å². The maximum atomic E-state index is 12.3. The number of thioether (sulfide) groups is 2. The molecule has 27 heteroatoms. The van der Waals surface area contributed by atoms with E-state index in [9.17, 15) is 58.2 Å². The normalized spacial score (nSPS) is 19.3. The second-order valence-corrected chi connectivity index (χ2v) is 27.7. The van der Waals surface area contributed by atoms with Crippen LogP contribution in [0.15, 0.2) is 48.6 Å². The third-order valence-electron chi connectivity index (χ3n) is 17.5. The zero-order valence-corrected chi connectivity index (χ0v) is 59.6. The van der Waals surface area contributed by atoms with E-state index in [1.807, 2.05) is 29.6 Å². The van der Waals surface area contributed by atoms with E-state index in [0.29, 0.717) is 226 Å². The van der Waals surface area contributed by atoms with Gasteiger partial charge < -0.3 is 68.9 Å². The Hall–Kier alpha value is -6.40. The van der Waals surface area contributed by atoms with Crippen molar-refractivity contribution in [1.29, 1.82) is 0 Å². The number of phenolic OH excluding ortho intramolecular Hbond substituents is 2. The molecule has 5 aliphatic rings. The average molecular weight is 1440 g/mol. The Bertz CT molecular complexity index is 2970. The van der Waals surface area contributed by atoms with Crippen LogP contribution >= 0.6 is 23.5 Å². The summed E-state index contributed by atoms with van der Waals surface area (Å²) in [6.07, 6.45) is 18.5. The minimum Gasteiger partial charge on any atom is -0.507 e. The highest BCUT2D eigenvalue weighted by atomic mass is 32.2. The second-order valence-electron chi connectivity index (χ2n) is 25.1. The molecule has 6 unspecified atom stereocenters. The number of amides is 5. The summed E-state index contributed by atoms with van der Waals surface area (Å²) in [6, 6.07) is 10.7. The third-order valence-corrected chi connectivity index (χ3v) is 20.6. The first-order chi connectivity index (χ1) is 48.5. The van der Waals surface area contributed by atoms with Gasteiger partial charge in [-0.1, -0.05) is 37.1 Å². The van der Waals surface area contributed by atoms with Crippen molar-refractivity contribution < 1.29 is 101 Å². The van der Waals surface area contributed by atoms with E-state index < -0.39 is 17.8 Å². The molecule has 2 aromatic rings. The highest BCUT2D eigenvalue weighted by Crippen LogP contribution is 2.42. The Morgan fingerprint density at radius 1 is 0.480 bits per heavy atom. The number of Topliss-reactive ketones (excluding diaryl/α,β-unsaturated/α-hetero) is 4. The first-order valence-corrected chi connectivity index (χ1v) is 37.4. The number of fused-ring (bicyclic) bond motifs is 2. The molecule has 0 aliphatic carbocycles. The molecule has 100 heavy (non-hydrogen) atoms. The number of ketones is 4. The Morgan fingerprint density at radius 2 is 0.850 bits per heavy atom. The molecular formula is C73H104N4O21S2. The van der Waals surface area contributed by atoms with Crippen LogP contribution < -0.4 is 16.0 Å². The topological polar surface area (TPSA) is 334 Å². The predicted molar refractivity (Wildman–Crippen MR) is 376 cm³/mol. The molecule has 5 aliphatic heterocycles. The number of ether oxygens (including phenoxy) is 8. The number of unbranched alkanes of at least 4 members (excludes halogenated alkanes) is 2. The van der Waals surface area contributed by atoms with Gasteiger partial charge in [0.2, 0.25) is 17.7 Å². The number of carbonyl (C=O) groups is 10. The number of rotatable bonds is 53.